The zero-order valence-corrected chi connectivity index (χ0v) is 12.8. The van der Waals surface area contributed by atoms with Gasteiger partial charge in [0.2, 0.25) is 0 Å². The molecule has 7 heteroatoms. The molecule has 2 aliphatic rings. The largest absolute Gasteiger partial charge is 0.384 e. The highest BCUT2D eigenvalue weighted by molar-refractivity contribution is 7.13. The van der Waals surface area contributed by atoms with E-state index in [1.54, 1.807) is 11.1 Å². The standard InChI is InChI=1S/C14H21N3O3S/c15-10-1-3-14(19,4-2-10)11-9-16-12(21-11)13(18)17-5-7-20-8-6-17/h9-10,19H,1-8,15H2. The fourth-order valence-corrected chi connectivity index (χ4v) is 3.88. The number of nitrogens with two attached hydrogens (primary N) is 1. The van der Waals surface area contributed by atoms with Crippen LogP contribution in [0.3, 0.4) is 0 Å². The summed E-state index contributed by atoms with van der Waals surface area (Å²) in [6, 6.07) is 0.174. The number of carbonyl (C=O) groups is 1. The molecule has 1 aromatic rings. The SMILES string of the molecule is NC1CCC(O)(c2cnc(C(=O)N3CCOCC3)s2)CC1. The van der Waals surface area contributed by atoms with Crippen molar-refractivity contribution in [2.75, 3.05) is 26.3 Å². The molecule has 116 valence electrons. The van der Waals surface area contributed by atoms with Gasteiger partial charge in [-0.25, -0.2) is 4.98 Å². The predicted octanol–water partition coefficient (Wildman–Crippen LogP) is 0.704. The molecule has 1 amide bonds. The maximum absolute atomic E-state index is 12.4. The topological polar surface area (TPSA) is 88.7 Å². The molecule has 1 aromatic heterocycles. The van der Waals surface area contributed by atoms with Crippen molar-refractivity contribution in [3.63, 3.8) is 0 Å². The van der Waals surface area contributed by atoms with Crippen LogP contribution in [0, 0.1) is 0 Å². The molecule has 0 atom stereocenters. The van der Waals surface area contributed by atoms with E-state index in [2.05, 4.69) is 4.98 Å². The van der Waals surface area contributed by atoms with E-state index in [-0.39, 0.29) is 11.9 Å². The molecule has 0 spiro atoms. The first-order chi connectivity index (χ1) is 10.1. The van der Waals surface area contributed by atoms with Crippen LogP contribution < -0.4 is 5.73 Å². The van der Waals surface area contributed by atoms with Crippen LogP contribution in [0.15, 0.2) is 6.20 Å². The first-order valence-corrected chi connectivity index (χ1v) is 8.21. The number of aromatic nitrogens is 1. The summed E-state index contributed by atoms with van der Waals surface area (Å²) in [6.07, 6.45) is 4.54. The van der Waals surface area contributed by atoms with Gasteiger partial charge in [-0.2, -0.15) is 0 Å². The van der Waals surface area contributed by atoms with Crippen LogP contribution in [0.5, 0.6) is 0 Å². The minimum atomic E-state index is -0.864. The highest BCUT2D eigenvalue weighted by atomic mass is 32.1. The molecule has 2 fully saturated rings. The van der Waals surface area contributed by atoms with Crippen molar-refractivity contribution >= 4 is 17.2 Å². The van der Waals surface area contributed by atoms with Crippen molar-refractivity contribution in [2.45, 2.75) is 37.3 Å². The third-order valence-corrected chi connectivity index (χ3v) is 5.48. The Kier molecular flexibility index (Phi) is 4.26. The third-order valence-electron chi connectivity index (χ3n) is 4.30. The molecular weight excluding hydrogens is 290 g/mol. The lowest BCUT2D eigenvalue weighted by Crippen LogP contribution is -2.40. The van der Waals surface area contributed by atoms with Gasteiger partial charge in [-0.1, -0.05) is 0 Å². The maximum atomic E-state index is 12.4. The Morgan fingerprint density at radius 3 is 2.76 bits per heavy atom. The van der Waals surface area contributed by atoms with Gasteiger partial charge < -0.3 is 20.5 Å². The summed E-state index contributed by atoms with van der Waals surface area (Å²) in [7, 11) is 0. The number of rotatable bonds is 2. The number of thiazole rings is 1. The second-order valence-electron chi connectivity index (χ2n) is 5.80. The van der Waals surface area contributed by atoms with E-state index in [1.807, 2.05) is 0 Å². The van der Waals surface area contributed by atoms with Gasteiger partial charge in [0, 0.05) is 25.3 Å². The molecule has 1 saturated heterocycles. The lowest BCUT2D eigenvalue weighted by molar-refractivity contribution is -0.00176. The third kappa shape index (κ3) is 3.11. The molecule has 3 rings (SSSR count). The first kappa shape index (κ1) is 14.9. The van der Waals surface area contributed by atoms with E-state index in [1.165, 1.54) is 11.3 Å². The Labute approximate surface area is 127 Å². The molecule has 3 N–H and O–H groups in total. The maximum Gasteiger partial charge on any atom is 0.282 e. The summed E-state index contributed by atoms with van der Waals surface area (Å²) in [5.74, 6) is -0.0642. The molecule has 1 aliphatic heterocycles. The summed E-state index contributed by atoms with van der Waals surface area (Å²) in [5, 5.41) is 11.2. The summed E-state index contributed by atoms with van der Waals surface area (Å²) < 4.78 is 5.25. The molecule has 2 heterocycles. The lowest BCUT2D eigenvalue weighted by Gasteiger charge is -2.33. The smallest absolute Gasteiger partial charge is 0.282 e. The van der Waals surface area contributed by atoms with E-state index >= 15 is 0 Å². The highest BCUT2D eigenvalue weighted by Gasteiger charge is 2.36. The molecule has 0 bridgehead atoms. The average Bonchev–Trinajstić information content (AvgIpc) is 3.01. The fraction of sp³-hybridized carbons (Fsp3) is 0.714. The van der Waals surface area contributed by atoms with Gasteiger partial charge in [0.15, 0.2) is 5.01 Å². The number of morpholine rings is 1. The van der Waals surface area contributed by atoms with Gasteiger partial charge in [0.05, 0.1) is 18.1 Å². The second-order valence-corrected chi connectivity index (χ2v) is 6.83. The normalized spacial score (nSPS) is 30.4. The van der Waals surface area contributed by atoms with Gasteiger partial charge in [0.1, 0.15) is 5.60 Å². The van der Waals surface area contributed by atoms with Crippen LogP contribution in [0.4, 0.5) is 0 Å². The van der Waals surface area contributed by atoms with Crippen molar-refractivity contribution in [3.05, 3.63) is 16.1 Å². The van der Waals surface area contributed by atoms with Gasteiger partial charge in [-0.15, -0.1) is 11.3 Å². The van der Waals surface area contributed by atoms with E-state index < -0.39 is 5.60 Å². The summed E-state index contributed by atoms with van der Waals surface area (Å²) in [5.41, 5.74) is 5.02. The van der Waals surface area contributed by atoms with Crippen LogP contribution in [0.1, 0.15) is 40.4 Å². The Bertz CT molecular complexity index is 505. The van der Waals surface area contributed by atoms with E-state index in [0.29, 0.717) is 44.2 Å². The van der Waals surface area contributed by atoms with Crippen LogP contribution in [0.25, 0.3) is 0 Å². The number of amides is 1. The quantitative estimate of drug-likeness (QED) is 0.839. The molecule has 1 aliphatic carbocycles. The van der Waals surface area contributed by atoms with Gasteiger partial charge >= 0.3 is 0 Å². The number of hydrogen-bond donors (Lipinski definition) is 2. The van der Waals surface area contributed by atoms with Gasteiger partial charge in [-0.05, 0) is 25.7 Å². The predicted molar refractivity (Wildman–Crippen MR) is 79.2 cm³/mol. The molecule has 21 heavy (non-hydrogen) atoms. The van der Waals surface area contributed by atoms with Crippen LogP contribution in [0.2, 0.25) is 0 Å². The zero-order valence-electron chi connectivity index (χ0n) is 12.0. The van der Waals surface area contributed by atoms with Crippen molar-refractivity contribution in [3.8, 4) is 0 Å². The number of carbonyl (C=O) groups excluding carboxylic acids is 1. The minimum absolute atomic E-state index is 0.0642. The molecule has 1 saturated carbocycles. The first-order valence-electron chi connectivity index (χ1n) is 7.40. The van der Waals surface area contributed by atoms with Crippen LogP contribution >= 0.6 is 11.3 Å². The lowest BCUT2D eigenvalue weighted by atomic mass is 9.82. The molecule has 0 radical (unpaired) electrons. The summed E-state index contributed by atoms with van der Waals surface area (Å²) in [4.78, 5) is 19.1. The van der Waals surface area contributed by atoms with E-state index in [9.17, 15) is 9.90 Å². The number of hydrogen-bond acceptors (Lipinski definition) is 6. The van der Waals surface area contributed by atoms with Crippen molar-refractivity contribution in [2.24, 2.45) is 5.73 Å². The zero-order chi connectivity index (χ0) is 14.9. The number of aliphatic hydroxyl groups is 1. The number of ether oxygens (including phenoxy) is 1. The Morgan fingerprint density at radius 2 is 2.10 bits per heavy atom. The summed E-state index contributed by atoms with van der Waals surface area (Å²) >= 11 is 1.31. The average molecular weight is 311 g/mol. The summed E-state index contributed by atoms with van der Waals surface area (Å²) in [6.45, 7) is 2.36. The fourth-order valence-electron chi connectivity index (χ4n) is 2.85. The monoisotopic (exact) mass is 311 g/mol. The number of nitrogens with zero attached hydrogens (tertiary/aromatic N) is 2. The second kappa shape index (κ2) is 6.00. The Balaban J connectivity index is 1.72. The Hall–Kier alpha value is -1.02. The van der Waals surface area contributed by atoms with Crippen molar-refractivity contribution in [1.82, 2.24) is 9.88 Å². The molecule has 6 nitrogen and oxygen atoms in total. The molecular formula is C14H21N3O3S. The van der Waals surface area contributed by atoms with Crippen LogP contribution in [-0.2, 0) is 10.3 Å². The van der Waals surface area contributed by atoms with E-state index in [4.69, 9.17) is 10.5 Å². The van der Waals surface area contributed by atoms with Gasteiger partial charge in [-0.3, -0.25) is 4.79 Å². The minimum Gasteiger partial charge on any atom is -0.384 e. The van der Waals surface area contributed by atoms with E-state index in [0.717, 1.165) is 17.7 Å². The van der Waals surface area contributed by atoms with Crippen molar-refractivity contribution in [1.29, 1.82) is 0 Å². The Morgan fingerprint density at radius 1 is 1.43 bits per heavy atom. The molecule has 0 aromatic carbocycles. The van der Waals surface area contributed by atoms with Crippen LogP contribution in [-0.4, -0.2) is 53.2 Å². The molecule has 0 unspecified atom stereocenters. The highest BCUT2D eigenvalue weighted by Crippen LogP contribution is 2.39. The van der Waals surface area contributed by atoms with Crippen molar-refractivity contribution < 1.29 is 14.6 Å². The van der Waals surface area contributed by atoms with Gasteiger partial charge in [0.25, 0.3) is 5.91 Å².